The highest BCUT2D eigenvalue weighted by molar-refractivity contribution is 5.98. The van der Waals surface area contributed by atoms with Crippen LogP contribution in [-0.4, -0.2) is 24.5 Å². The molecule has 0 saturated carbocycles. The number of hydrogen-bond acceptors (Lipinski definition) is 5. The lowest BCUT2D eigenvalue weighted by Crippen LogP contribution is -2.36. The van der Waals surface area contributed by atoms with Gasteiger partial charge in [0.2, 0.25) is 0 Å². The van der Waals surface area contributed by atoms with E-state index < -0.39 is 5.63 Å². The average molecular weight is 490 g/mol. The minimum Gasteiger partial charge on any atom is -0.493 e. The molecule has 1 aromatic heterocycles. The summed E-state index contributed by atoms with van der Waals surface area (Å²) in [7, 11) is 0. The molecule has 192 valence electrons. The molecule has 0 atom stereocenters. The predicted octanol–water partition coefficient (Wildman–Crippen LogP) is 6.50. The molecular formula is C31H39NO4. The Balaban J connectivity index is 1.74. The normalized spacial score (nSPS) is 11.5. The van der Waals surface area contributed by atoms with Crippen LogP contribution in [0.4, 0.5) is 0 Å². The topological polar surface area (TPSA) is 68.5 Å². The van der Waals surface area contributed by atoms with E-state index in [4.69, 9.17) is 9.15 Å². The van der Waals surface area contributed by atoms with Crippen LogP contribution in [0.2, 0.25) is 0 Å². The first-order chi connectivity index (χ1) is 16.9. The van der Waals surface area contributed by atoms with Crippen molar-refractivity contribution < 1.29 is 13.9 Å². The zero-order valence-corrected chi connectivity index (χ0v) is 22.7. The summed E-state index contributed by atoms with van der Waals surface area (Å²) in [5.74, 6) is 0.606. The van der Waals surface area contributed by atoms with E-state index >= 15 is 0 Å². The number of carbonyl (C=O) groups is 1. The van der Waals surface area contributed by atoms with Crippen LogP contribution in [0.25, 0.3) is 11.0 Å². The smallest absolute Gasteiger partial charge is 0.339 e. The molecule has 36 heavy (non-hydrogen) atoms. The van der Waals surface area contributed by atoms with Gasteiger partial charge in [0.15, 0.2) is 5.78 Å². The van der Waals surface area contributed by atoms with Crippen LogP contribution >= 0.6 is 0 Å². The van der Waals surface area contributed by atoms with Gasteiger partial charge in [-0.15, -0.1) is 0 Å². The van der Waals surface area contributed by atoms with E-state index in [0.717, 1.165) is 41.5 Å². The van der Waals surface area contributed by atoms with Gasteiger partial charge in [-0.05, 0) is 103 Å². The number of aryl methyl sites for hydroxylation is 2. The van der Waals surface area contributed by atoms with Gasteiger partial charge in [0.1, 0.15) is 11.3 Å². The van der Waals surface area contributed by atoms with Gasteiger partial charge in [-0.1, -0.05) is 23.8 Å². The molecule has 0 radical (unpaired) electrons. The molecule has 0 aliphatic rings. The van der Waals surface area contributed by atoms with Crippen LogP contribution in [0, 0.1) is 13.8 Å². The maximum absolute atomic E-state index is 13.0. The first-order valence-corrected chi connectivity index (χ1v) is 12.6. The van der Waals surface area contributed by atoms with Gasteiger partial charge in [0.25, 0.3) is 0 Å². The molecule has 0 aliphatic carbocycles. The monoisotopic (exact) mass is 489 g/mol. The summed E-state index contributed by atoms with van der Waals surface area (Å²) in [5, 5.41) is 4.22. The van der Waals surface area contributed by atoms with E-state index in [1.54, 1.807) is 6.07 Å². The van der Waals surface area contributed by atoms with Crippen molar-refractivity contribution in [3.63, 3.8) is 0 Å². The molecule has 5 heteroatoms. The fourth-order valence-corrected chi connectivity index (χ4v) is 4.00. The fraction of sp³-hybridized carbons (Fsp3) is 0.419. The number of fused-ring (bicyclic) bond motifs is 1. The number of hydrogen-bond donors (Lipinski definition) is 1. The van der Waals surface area contributed by atoms with Gasteiger partial charge < -0.3 is 14.5 Å². The summed E-state index contributed by atoms with van der Waals surface area (Å²) < 4.78 is 11.6. The van der Waals surface area contributed by atoms with Crippen molar-refractivity contribution in [2.45, 2.75) is 73.3 Å². The Morgan fingerprint density at radius 2 is 1.81 bits per heavy atom. The number of allylic oxidation sites excluding steroid dienone is 2. The second kappa shape index (κ2) is 11.7. The summed E-state index contributed by atoms with van der Waals surface area (Å²) in [5.41, 5.74) is 5.35. The lowest BCUT2D eigenvalue weighted by Gasteiger charge is -2.20. The maximum Gasteiger partial charge on any atom is 0.339 e. The molecule has 0 unspecified atom stereocenters. The minimum atomic E-state index is -0.484. The molecule has 0 bridgehead atoms. The second-order valence-corrected chi connectivity index (χ2v) is 10.8. The van der Waals surface area contributed by atoms with Crippen LogP contribution in [0.5, 0.6) is 5.75 Å². The Labute approximate surface area is 214 Å². The summed E-state index contributed by atoms with van der Waals surface area (Å²) in [6.45, 7) is 15.9. The number of carbonyl (C=O) groups excluding carboxylic acids is 1. The third-order valence-corrected chi connectivity index (χ3v) is 6.16. The molecule has 0 spiro atoms. The summed E-state index contributed by atoms with van der Waals surface area (Å²) >= 11 is 0. The second-order valence-electron chi connectivity index (χ2n) is 10.8. The molecule has 0 aliphatic heterocycles. The largest absolute Gasteiger partial charge is 0.493 e. The lowest BCUT2D eigenvalue weighted by molar-refractivity contribution is 0.0992. The Morgan fingerprint density at radius 1 is 1.06 bits per heavy atom. The summed E-state index contributed by atoms with van der Waals surface area (Å²) in [6, 6.07) is 11.3. The maximum atomic E-state index is 13.0. The van der Waals surface area contributed by atoms with Crippen LogP contribution in [0.3, 0.4) is 0 Å². The molecule has 2 aromatic carbocycles. The van der Waals surface area contributed by atoms with E-state index in [1.165, 1.54) is 5.57 Å². The highest BCUT2D eigenvalue weighted by Gasteiger charge is 2.16. The van der Waals surface area contributed by atoms with E-state index in [0.29, 0.717) is 29.1 Å². The number of Topliss-reactive ketones (excluding diaryl/α,β-unsaturated/α-hetero) is 1. The van der Waals surface area contributed by atoms with Gasteiger partial charge in [-0.2, -0.15) is 0 Å². The quantitative estimate of drug-likeness (QED) is 0.152. The van der Waals surface area contributed by atoms with E-state index in [-0.39, 0.29) is 17.7 Å². The third-order valence-electron chi connectivity index (χ3n) is 6.16. The van der Waals surface area contributed by atoms with E-state index in [2.05, 4.69) is 46.0 Å². The highest BCUT2D eigenvalue weighted by Crippen LogP contribution is 2.27. The lowest BCUT2D eigenvalue weighted by atomic mass is 9.97. The molecule has 5 nitrogen and oxygen atoms in total. The molecular weight excluding hydrogens is 450 g/mol. The van der Waals surface area contributed by atoms with Gasteiger partial charge >= 0.3 is 5.63 Å². The molecule has 1 heterocycles. The van der Waals surface area contributed by atoms with Gasteiger partial charge in [0, 0.05) is 34.0 Å². The van der Waals surface area contributed by atoms with Gasteiger partial charge in [-0.25, -0.2) is 4.79 Å². The Bertz CT molecular complexity index is 1320. The van der Waals surface area contributed by atoms with Crippen LogP contribution in [-0.2, 0) is 12.8 Å². The number of ketones is 1. The minimum absolute atomic E-state index is 0.00148. The van der Waals surface area contributed by atoms with E-state index in [9.17, 15) is 9.59 Å². The van der Waals surface area contributed by atoms with Crippen molar-refractivity contribution in [1.29, 1.82) is 0 Å². The highest BCUT2D eigenvalue weighted by atomic mass is 16.5. The average Bonchev–Trinajstić information content (AvgIpc) is 2.80. The van der Waals surface area contributed by atoms with Gasteiger partial charge in [-0.3, -0.25) is 4.79 Å². The third kappa shape index (κ3) is 7.41. The molecule has 0 amide bonds. The SMILES string of the molecule is CC(C)=CCc1cc(C(=O)Cc2cc3ccc(OCCCNC(C)(C)C)c(C)c3oc2=O)ccc1C. The molecule has 1 N–H and O–H groups in total. The predicted molar refractivity (Wildman–Crippen MR) is 147 cm³/mol. The molecule has 0 saturated heterocycles. The van der Waals surface area contributed by atoms with Crippen LogP contribution in [0.1, 0.15) is 73.7 Å². The van der Waals surface area contributed by atoms with Crippen molar-refractivity contribution in [2.75, 3.05) is 13.2 Å². The summed E-state index contributed by atoms with van der Waals surface area (Å²) in [6.07, 6.45) is 3.80. The van der Waals surface area contributed by atoms with Gasteiger partial charge in [0.05, 0.1) is 6.61 Å². The van der Waals surface area contributed by atoms with Crippen molar-refractivity contribution in [1.82, 2.24) is 5.32 Å². The fourth-order valence-electron chi connectivity index (χ4n) is 4.00. The Hall–Kier alpha value is -3.18. The summed E-state index contributed by atoms with van der Waals surface area (Å²) in [4.78, 5) is 25.8. The zero-order chi connectivity index (χ0) is 26.5. The van der Waals surface area contributed by atoms with Crippen molar-refractivity contribution in [2.24, 2.45) is 0 Å². The van der Waals surface area contributed by atoms with Crippen molar-refractivity contribution >= 4 is 16.8 Å². The number of nitrogens with one attached hydrogen (secondary N) is 1. The van der Waals surface area contributed by atoms with Crippen molar-refractivity contribution in [3.05, 3.63) is 86.3 Å². The standard InChI is InChI=1S/C31H39NO4/c1-20(2)9-11-23-17-24(12-10-21(23)3)27(33)19-26-18-25-13-14-28(22(4)29(25)36-30(26)34)35-16-8-15-32-31(5,6)7/h9-10,12-14,17-18,32H,8,11,15-16,19H2,1-7H3. The Kier molecular flexibility index (Phi) is 8.91. The van der Waals surface area contributed by atoms with Crippen LogP contribution in [0.15, 0.2) is 57.3 Å². The number of benzene rings is 2. The van der Waals surface area contributed by atoms with Crippen LogP contribution < -0.4 is 15.7 Å². The molecule has 3 rings (SSSR count). The number of rotatable bonds is 10. The first-order valence-electron chi connectivity index (χ1n) is 12.6. The molecule has 0 fully saturated rings. The zero-order valence-electron chi connectivity index (χ0n) is 22.7. The number of ether oxygens (including phenoxy) is 1. The molecule has 3 aromatic rings. The Morgan fingerprint density at radius 3 is 2.50 bits per heavy atom. The van der Waals surface area contributed by atoms with Crippen molar-refractivity contribution in [3.8, 4) is 5.75 Å². The van der Waals surface area contributed by atoms with E-state index in [1.807, 2.05) is 44.2 Å². The first kappa shape index (κ1) is 27.4.